The van der Waals surface area contributed by atoms with Gasteiger partial charge < -0.3 is 4.74 Å². The van der Waals surface area contributed by atoms with Crippen molar-refractivity contribution < 1.29 is 4.74 Å². The van der Waals surface area contributed by atoms with E-state index in [4.69, 9.17) is 16.3 Å². The molecule has 2 aromatic rings. The molecule has 0 bridgehead atoms. The van der Waals surface area contributed by atoms with Gasteiger partial charge in [0.25, 0.3) is 0 Å². The first kappa shape index (κ1) is 11.9. The molecule has 0 saturated carbocycles. The summed E-state index contributed by atoms with van der Waals surface area (Å²) in [6, 6.07) is 11.7. The largest absolute Gasteiger partial charge is 0.492 e. The Morgan fingerprint density at radius 3 is 2.82 bits per heavy atom. The standard InChI is InChI=1S/C14H14ClNO/c1-11-5-6-14(13(15)10-11)17-9-7-12-4-2-3-8-16-12/h2-6,8,10H,7,9H2,1H3. The van der Waals surface area contributed by atoms with Crippen LogP contribution in [0.2, 0.25) is 5.02 Å². The lowest BCUT2D eigenvalue weighted by Gasteiger charge is -2.08. The lowest BCUT2D eigenvalue weighted by Crippen LogP contribution is -2.03. The van der Waals surface area contributed by atoms with Crippen LogP contribution in [0.4, 0.5) is 0 Å². The van der Waals surface area contributed by atoms with E-state index in [1.807, 2.05) is 43.3 Å². The van der Waals surface area contributed by atoms with Gasteiger partial charge in [-0.2, -0.15) is 0 Å². The molecule has 0 saturated heterocycles. The van der Waals surface area contributed by atoms with Gasteiger partial charge in [-0.05, 0) is 36.8 Å². The zero-order chi connectivity index (χ0) is 12.1. The van der Waals surface area contributed by atoms with Crippen molar-refractivity contribution in [3.05, 3.63) is 58.9 Å². The summed E-state index contributed by atoms with van der Waals surface area (Å²) in [6.45, 7) is 2.59. The summed E-state index contributed by atoms with van der Waals surface area (Å²) >= 11 is 6.07. The molecule has 0 amide bonds. The summed E-state index contributed by atoms with van der Waals surface area (Å²) in [5.74, 6) is 0.730. The van der Waals surface area contributed by atoms with Crippen molar-refractivity contribution in [3.8, 4) is 5.75 Å². The second-order valence-corrected chi connectivity index (χ2v) is 4.26. The van der Waals surface area contributed by atoms with E-state index < -0.39 is 0 Å². The fourth-order valence-corrected chi connectivity index (χ4v) is 1.82. The highest BCUT2D eigenvalue weighted by Gasteiger charge is 2.01. The topological polar surface area (TPSA) is 22.1 Å². The number of nitrogens with zero attached hydrogens (tertiary/aromatic N) is 1. The van der Waals surface area contributed by atoms with Crippen molar-refractivity contribution in [3.63, 3.8) is 0 Å². The molecular formula is C14H14ClNO. The molecule has 0 radical (unpaired) electrons. The Balaban J connectivity index is 1.90. The van der Waals surface area contributed by atoms with Crippen molar-refractivity contribution in [2.75, 3.05) is 6.61 Å². The molecular weight excluding hydrogens is 234 g/mol. The Morgan fingerprint density at radius 2 is 2.12 bits per heavy atom. The number of hydrogen-bond donors (Lipinski definition) is 0. The molecule has 0 aliphatic rings. The Bertz CT molecular complexity index is 485. The van der Waals surface area contributed by atoms with Crippen LogP contribution in [-0.4, -0.2) is 11.6 Å². The number of aromatic nitrogens is 1. The van der Waals surface area contributed by atoms with Gasteiger partial charge in [0, 0.05) is 18.3 Å². The molecule has 1 heterocycles. The maximum absolute atomic E-state index is 6.07. The van der Waals surface area contributed by atoms with Crippen LogP contribution < -0.4 is 4.74 Å². The van der Waals surface area contributed by atoms with Crippen molar-refractivity contribution >= 4 is 11.6 Å². The van der Waals surface area contributed by atoms with Crippen LogP contribution in [0.3, 0.4) is 0 Å². The summed E-state index contributed by atoms with van der Waals surface area (Å²) in [4.78, 5) is 4.23. The summed E-state index contributed by atoms with van der Waals surface area (Å²) in [6.07, 6.45) is 2.57. The average molecular weight is 248 g/mol. The molecule has 2 nitrogen and oxygen atoms in total. The first-order valence-electron chi connectivity index (χ1n) is 5.54. The van der Waals surface area contributed by atoms with E-state index in [-0.39, 0.29) is 0 Å². The molecule has 1 aromatic carbocycles. The number of halogens is 1. The molecule has 2 rings (SSSR count). The average Bonchev–Trinajstić information content (AvgIpc) is 2.33. The Labute approximate surface area is 106 Å². The van der Waals surface area contributed by atoms with Crippen LogP contribution >= 0.6 is 11.6 Å². The normalized spacial score (nSPS) is 10.2. The second-order valence-electron chi connectivity index (χ2n) is 3.85. The summed E-state index contributed by atoms with van der Waals surface area (Å²) in [5.41, 5.74) is 2.16. The summed E-state index contributed by atoms with van der Waals surface area (Å²) in [7, 11) is 0. The SMILES string of the molecule is Cc1ccc(OCCc2ccccn2)c(Cl)c1. The highest BCUT2D eigenvalue weighted by Crippen LogP contribution is 2.25. The Hall–Kier alpha value is -1.54. The molecule has 3 heteroatoms. The quantitative estimate of drug-likeness (QED) is 0.823. The van der Waals surface area contributed by atoms with Gasteiger partial charge >= 0.3 is 0 Å². The number of hydrogen-bond acceptors (Lipinski definition) is 2. The van der Waals surface area contributed by atoms with Gasteiger partial charge in [-0.15, -0.1) is 0 Å². The molecule has 0 aliphatic carbocycles. The molecule has 0 unspecified atom stereocenters. The number of benzene rings is 1. The maximum Gasteiger partial charge on any atom is 0.137 e. The molecule has 1 aromatic heterocycles. The second kappa shape index (κ2) is 5.69. The number of ether oxygens (including phenoxy) is 1. The number of rotatable bonds is 4. The molecule has 0 fully saturated rings. The van der Waals surface area contributed by atoms with Crippen molar-refractivity contribution in [1.29, 1.82) is 0 Å². The fraction of sp³-hybridized carbons (Fsp3) is 0.214. The summed E-state index contributed by atoms with van der Waals surface area (Å²) < 4.78 is 5.62. The predicted octanol–water partition coefficient (Wildman–Crippen LogP) is 3.66. The van der Waals surface area contributed by atoms with Crippen LogP contribution in [0.1, 0.15) is 11.3 Å². The molecule has 0 spiro atoms. The van der Waals surface area contributed by atoms with Gasteiger partial charge in [0.05, 0.1) is 11.6 Å². The minimum Gasteiger partial charge on any atom is -0.492 e. The van der Waals surface area contributed by atoms with Gasteiger partial charge in [-0.3, -0.25) is 4.98 Å². The monoisotopic (exact) mass is 247 g/mol. The van der Waals surface area contributed by atoms with E-state index in [9.17, 15) is 0 Å². The van der Waals surface area contributed by atoms with Gasteiger partial charge in [-0.25, -0.2) is 0 Å². The van der Waals surface area contributed by atoms with Crippen molar-refractivity contribution in [2.45, 2.75) is 13.3 Å². The first-order valence-corrected chi connectivity index (χ1v) is 5.92. The van der Waals surface area contributed by atoms with Crippen molar-refractivity contribution in [2.24, 2.45) is 0 Å². The predicted molar refractivity (Wildman–Crippen MR) is 69.6 cm³/mol. The molecule has 0 N–H and O–H groups in total. The van der Waals surface area contributed by atoms with Crippen LogP contribution in [0, 0.1) is 6.92 Å². The minimum absolute atomic E-state index is 0.583. The van der Waals surface area contributed by atoms with Gasteiger partial charge in [0.1, 0.15) is 5.75 Å². The number of pyridine rings is 1. The van der Waals surface area contributed by atoms with E-state index in [1.54, 1.807) is 6.20 Å². The summed E-state index contributed by atoms with van der Waals surface area (Å²) in [5, 5.41) is 0.658. The van der Waals surface area contributed by atoms with E-state index in [2.05, 4.69) is 4.98 Å². The molecule has 17 heavy (non-hydrogen) atoms. The Kier molecular flexibility index (Phi) is 3.99. The van der Waals surface area contributed by atoms with E-state index >= 15 is 0 Å². The smallest absolute Gasteiger partial charge is 0.137 e. The Morgan fingerprint density at radius 1 is 1.24 bits per heavy atom. The highest BCUT2D eigenvalue weighted by molar-refractivity contribution is 6.32. The third kappa shape index (κ3) is 3.46. The van der Waals surface area contributed by atoms with Gasteiger partial charge in [-0.1, -0.05) is 23.7 Å². The van der Waals surface area contributed by atoms with Crippen molar-refractivity contribution in [1.82, 2.24) is 4.98 Å². The molecule has 0 atom stereocenters. The first-order chi connectivity index (χ1) is 8.25. The third-order valence-corrected chi connectivity index (χ3v) is 2.72. The van der Waals surface area contributed by atoms with Crippen LogP contribution in [0.15, 0.2) is 42.6 Å². The fourth-order valence-electron chi connectivity index (χ4n) is 1.53. The van der Waals surface area contributed by atoms with Crippen LogP contribution in [0.25, 0.3) is 0 Å². The lowest BCUT2D eigenvalue weighted by atomic mass is 10.2. The van der Waals surface area contributed by atoms with Gasteiger partial charge in [0.2, 0.25) is 0 Å². The molecule has 0 aliphatic heterocycles. The number of aryl methyl sites for hydroxylation is 1. The highest BCUT2D eigenvalue weighted by atomic mass is 35.5. The molecule has 88 valence electrons. The zero-order valence-electron chi connectivity index (χ0n) is 9.69. The minimum atomic E-state index is 0.583. The van der Waals surface area contributed by atoms with Crippen LogP contribution in [0.5, 0.6) is 5.75 Å². The van der Waals surface area contributed by atoms with Gasteiger partial charge in [0.15, 0.2) is 0 Å². The lowest BCUT2D eigenvalue weighted by molar-refractivity contribution is 0.320. The van der Waals surface area contributed by atoms with Crippen LogP contribution in [-0.2, 0) is 6.42 Å². The third-order valence-electron chi connectivity index (χ3n) is 2.43. The maximum atomic E-state index is 6.07. The zero-order valence-corrected chi connectivity index (χ0v) is 10.4. The van der Waals surface area contributed by atoms with E-state index in [0.29, 0.717) is 11.6 Å². The van der Waals surface area contributed by atoms with E-state index in [0.717, 1.165) is 23.4 Å². The van der Waals surface area contributed by atoms with E-state index in [1.165, 1.54) is 0 Å².